The number of rotatable bonds is 3. The highest BCUT2D eigenvalue weighted by molar-refractivity contribution is 6.01. The highest BCUT2D eigenvalue weighted by atomic mass is 16.5. The lowest BCUT2D eigenvalue weighted by Crippen LogP contribution is -2.54. The van der Waals surface area contributed by atoms with Crippen LogP contribution in [0.1, 0.15) is 32.3 Å². The van der Waals surface area contributed by atoms with Crippen molar-refractivity contribution in [2.24, 2.45) is 11.3 Å². The van der Waals surface area contributed by atoms with Gasteiger partial charge >= 0.3 is 0 Å². The van der Waals surface area contributed by atoms with Crippen molar-refractivity contribution in [1.29, 1.82) is 0 Å². The number of fused-ring (bicyclic) bond motifs is 2. The van der Waals surface area contributed by atoms with Crippen LogP contribution >= 0.6 is 0 Å². The monoisotopic (exact) mass is 286 g/mol. The number of hydrogen-bond acceptors (Lipinski definition) is 3. The maximum Gasteiger partial charge on any atom is 0.143 e. The molecule has 21 heavy (non-hydrogen) atoms. The molecular weight excluding hydrogens is 264 g/mol. The minimum absolute atomic E-state index is 0.161. The fourth-order valence-electron chi connectivity index (χ4n) is 3.85. The molecule has 0 aliphatic heterocycles. The first kappa shape index (κ1) is 14.3. The van der Waals surface area contributed by atoms with E-state index in [0.717, 1.165) is 23.3 Å². The lowest BCUT2D eigenvalue weighted by molar-refractivity contribution is -0.144. The molecule has 1 fully saturated rings. The summed E-state index contributed by atoms with van der Waals surface area (Å²) in [7, 11) is 3.40. The number of carbonyl (C=O) groups excluding carboxylic acids is 1. The van der Waals surface area contributed by atoms with Crippen LogP contribution in [0.4, 0.5) is 0 Å². The molecule has 0 radical (unpaired) electrons. The highest BCUT2D eigenvalue weighted by Gasteiger charge is 2.55. The van der Waals surface area contributed by atoms with Crippen LogP contribution in [0.5, 0.6) is 5.75 Å². The summed E-state index contributed by atoms with van der Waals surface area (Å²) in [5.74, 6) is 1.32. The van der Waals surface area contributed by atoms with E-state index < -0.39 is 5.41 Å². The number of ketones is 1. The Balaban J connectivity index is 2.06. The SMILES string of the molecule is COc1ccc(C2=C[C@@H]3CC(=O)[C@@]2(C)C[C@]3(C)OC)cc1. The molecular formula is C18H22O3. The van der Waals surface area contributed by atoms with E-state index in [2.05, 4.69) is 19.9 Å². The van der Waals surface area contributed by atoms with Gasteiger partial charge in [-0.05, 0) is 43.5 Å². The number of hydrogen-bond donors (Lipinski definition) is 0. The van der Waals surface area contributed by atoms with Crippen LogP contribution < -0.4 is 4.74 Å². The number of Topliss-reactive ketones (excluding diaryl/α,β-unsaturated/α-hetero) is 1. The number of ether oxygens (including phenoxy) is 2. The van der Waals surface area contributed by atoms with Gasteiger partial charge in [0.1, 0.15) is 11.5 Å². The summed E-state index contributed by atoms with van der Waals surface area (Å²) in [4.78, 5) is 12.6. The molecule has 1 aromatic rings. The third-order valence-electron chi connectivity index (χ3n) is 5.34. The zero-order valence-electron chi connectivity index (χ0n) is 13.1. The summed E-state index contributed by atoms with van der Waals surface area (Å²) in [6, 6.07) is 7.96. The van der Waals surface area contributed by atoms with Crippen molar-refractivity contribution < 1.29 is 14.3 Å². The summed E-state index contributed by atoms with van der Waals surface area (Å²) < 4.78 is 10.9. The number of carbonyl (C=O) groups is 1. The van der Waals surface area contributed by atoms with E-state index in [1.165, 1.54) is 0 Å². The lowest BCUT2D eigenvalue weighted by Gasteiger charge is -2.52. The molecule has 1 saturated carbocycles. The van der Waals surface area contributed by atoms with Crippen LogP contribution in [-0.2, 0) is 9.53 Å². The Morgan fingerprint density at radius 3 is 2.38 bits per heavy atom. The van der Waals surface area contributed by atoms with Crippen molar-refractivity contribution in [3.63, 3.8) is 0 Å². The summed E-state index contributed by atoms with van der Waals surface area (Å²) in [6.07, 6.45) is 3.58. The second kappa shape index (κ2) is 4.70. The van der Waals surface area contributed by atoms with Gasteiger partial charge < -0.3 is 9.47 Å². The van der Waals surface area contributed by atoms with Crippen LogP contribution in [0.15, 0.2) is 30.3 Å². The maximum atomic E-state index is 12.6. The Morgan fingerprint density at radius 1 is 1.14 bits per heavy atom. The third kappa shape index (κ3) is 2.03. The number of allylic oxidation sites excluding steroid dienone is 1. The van der Waals surface area contributed by atoms with Crippen molar-refractivity contribution in [2.45, 2.75) is 32.3 Å². The molecule has 0 spiro atoms. The first-order valence-electron chi connectivity index (χ1n) is 7.38. The first-order chi connectivity index (χ1) is 9.93. The van der Waals surface area contributed by atoms with E-state index in [1.807, 2.05) is 24.3 Å². The van der Waals surface area contributed by atoms with Crippen LogP contribution in [0.25, 0.3) is 5.57 Å². The molecule has 3 aliphatic rings. The Bertz CT molecular complexity index is 601. The summed E-state index contributed by atoms with van der Waals surface area (Å²) >= 11 is 0. The highest BCUT2D eigenvalue weighted by Crippen LogP contribution is 2.56. The van der Waals surface area contributed by atoms with E-state index in [0.29, 0.717) is 12.2 Å². The molecule has 0 N–H and O–H groups in total. The quantitative estimate of drug-likeness (QED) is 0.853. The van der Waals surface area contributed by atoms with Gasteiger partial charge in [0.05, 0.1) is 18.1 Å². The van der Waals surface area contributed by atoms with Gasteiger partial charge in [0.25, 0.3) is 0 Å². The van der Waals surface area contributed by atoms with Crippen LogP contribution in [-0.4, -0.2) is 25.6 Å². The minimum Gasteiger partial charge on any atom is -0.497 e. The zero-order valence-corrected chi connectivity index (χ0v) is 13.1. The largest absolute Gasteiger partial charge is 0.497 e. The average molecular weight is 286 g/mol. The molecule has 112 valence electrons. The van der Waals surface area contributed by atoms with Gasteiger partial charge in [0, 0.05) is 19.4 Å². The Morgan fingerprint density at radius 2 is 1.81 bits per heavy atom. The fraction of sp³-hybridized carbons (Fsp3) is 0.500. The molecule has 2 bridgehead atoms. The maximum absolute atomic E-state index is 12.6. The predicted octanol–water partition coefficient (Wildman–Crippen LogP) is 3.48. The number of benzene rings is 1. The lowest BCUT2D eigenvalue weighted by atomic mass is 9.54. The molecule has 3 heteroatoms. The van der Waals surface area contributed by atoms with E-state index >= 15 is 0 Å². The molecule has 3 atom stereocenters. The molecule has 1 aromatic carbocycles. The second-order valence-corrected chi connectivity index (χ2v) is 6.57. The molecule has 3 aliphatic carbocycles. The number of methoxy groups -OCH3 is 2. The van der Waals surface area contributed by atoms with Crippen molar-refractivity contribution in [3.8, 4) is 5.75 Å². The molecule has 0 saturated heterocycles. The van der Waals surface area contributed by atoms with Crippen molar-refractivity contribution in [1.82, 2.24) is 0 Å². The fourth-order valence-corrected chi connectivity index (χ4v) is 3.85. The Hall–Kier alpha value is -1.61. The Labute approximate surface area is 125 Å². The van der Waals surface area contributed by atoms with Crippen molar-refractivity contribution in [3.05, 3.63) is 35.9 Å². The van der Waals surface area contributed by atoms with E-state index in [1.54, 1.807) is 14.2 Å². The molecule has 0 heterocycles. The molecule has 0 amide bonds. The molecule has 0 aromatic heterocycles. The average Bonchev–Trinajstić information content (AvgIpc) is 2.49. The second-order valence-electron chi connectivity index (χ2n) is 6.57. The topological polar surface area (TPSA) is 35.5 Å². The standard InChI is InChI=1S/C18H22O3/c1-17-11-18(2,21-4)13(10-16(17)19)9-15(17)12-5-7-14(20-3)8-6-12/h5-9,13H,10-11H2,1-4H3/t13-,17+,18+/m1/s1. The van der Waals surface area contributed by atoms with Gasteiger partial charge in [-0.3, -0.25) is 4.79 Å². The zero-order chi connectivity index (χ0) is 15.3. The first-order valence-corrected chi connectivity index (χ1v) is 7.38. The van der Waals surface area contributed by atoms with Gasteiger partial charge in [0.15, 0.2) is 0 Å². The van der Waals surface area contributed by atoms with E-state index in [4.69, 9.17) is 9.47 Å². The van der Waals surface area contributed by atoms with Crippen molar-refractivity contribution in [2.75, 3.05) is 14.2 Å². The van der Waals surface area contributed by atoms with Crippen LogP contribution in [0.2, 0.25) is 0 Å². The van der Waals surface area contributed by atoms with Gasteiger partial charge in [-0.1, -0.05) is 18.2 Å². The van der Waals surface area contributed by atoms with E-state index in [-0.39, 0.29) is 11.5 Å². The molecule has 4 rings (SSSR count). The van der Waals surface area contributed by atoms with Crippen LogP contribution in [0.3, 0.4) is 0 Å². The third-order valence-corrected chi connectivity index (χ3v) is 5.34. The Kier molecular flexibility index (Phi) is 3.21. The van der Waals surface area contributed by atoms with Crippen molar-refractivity contribution >= 4 is 11.4 Å². The van der Waals surface area contributed by atoms with Gasteiger partial charge in [-0.15, -0.1) is 0 Å². The smallest absolute Gasteiger partial charge is 0.143 e. The van der Waals surface area contributed by atoms with Gasteiger partial charge in [-0.2, -0.15) is 0 Å². The minimum atomic E-state index is -0.450. The summed E-state index contributed by atoms with van der Waals surface area (Å²) in [5, 5.41) is 0. The normalized spacial score (nSPS) is 34.8. The molecule has 3 nitrogen and oxygen atoms in total. The van der Waals surface area contributed by atoms with Crippen LogP contribution in [0, 0.1) is 11.3 Å². The summed E-state index contributed by atoms with van der Waals surface area (Å²) in [5.41, 5.74) is 1.56. The summed E-state index contributed by atoms with van der Waals surface area (Å²) in [6.45, 7) is 4.17. The van der Waals surface area contributed by atoms with Gasteiger partial charge in [0.2, 0.25) is 0 Å². The van der Waals surface area contributed by atoms with E-state index in [9.17, 15) is 4.79 Å². The van der Waals surface area contributed by atoms with Gasteiger partial charge in [-0.25, -0.2) is 0 Å². The molecule has 0 unspecified atom stereocenters. The predicted molar refractivity (Wildman–Crippen MR) is 82.2 cm³/mol.